The zero-order valence-electron chi connectivity index (χ0n) is 83.4. The molecule has 0 aliphatic heterocycles. The van der Waals surface area contributed by atoms with Crippen LogP contribution in [0.4, 0.5) is 0 Å². The van der Waals surface area contributed by atoms with Crippen molar-refractivity contribution >= 4 is 85.8 Å². The van der Waals surface area contributed by atoms with Crippen LogP contribution >= 0.6 is 46.4 Å². The molecule has 12 aromatic heterocycles. The molecule has 16 aromatic rings. The Labute approximate surface area is 871 Å². The van der Waals surface area contributed by atoms with E-state index in [1.807, 2.05) is 0 Å². The minimum atomic E-state index is -3.88. The molecule has 56 heteroatoms. The Bertz CT molecular complexity index is 6760. The number of benzene rings is 4. The maximum absolute atomic E-state index is 13.7. The lowest BCUT2D eigenvalue weighted by molar-refractivity contribution is 0.0947. The van der Waals surface area contributed by atoms with Crippen LogP contribution in [-0.4, -0.2) is 278 Å². The molecule has 148 heavy (non-hydrogen) atoms. The van der Waals surface area contributed by atoms with E-state index in [-0.39, 0.29) is 46.6 Å². The van der Waals surface area contributed by atoms with Gasteiger partial charge in [-0.1, -0.05) is 70.7 Å². The van der Waals surface area contributed by atoms with Gasteiger partial charge in [-0.2, -0.15) is 20.4 Å². The second-order valence-corrected chi connectivity index (χ2v) is 43.5. The summed E-state index contributed by atoms with van der Waals surface area (Å²) in [6.45, 7) is 6.13. The van der Waals surface area contributed by atoms with Gasteiger partial charge in [-0.3, -0.25) is 37.0 Å². The number of aromatic nitrogens is 28. The quantitative estimate of drug-likeness (QED) is 0.0344. The third kappa shape index (κ3) is 24.8. The summed E-state index contributed by atoms with van der Waals surface area (Å²) in [5.41, 5.74) is 3.74. The van der Waals surface area contributed by atoms with Gasteiger partial charge in [0.05, 0.1) is 98.0 Å². The Morgan fingerprint density at radius 3 is 0.554 bits per heavy atom. The fourth-order valence-electron chi connectivity index (χ4n) is 15.5. The van der Waals surface area contributed by atoms with Gasteiger partial charge in [0.15, 0.2) is 109 Å². The van der Waals surface area contributed by atoms with Crippen LogP contribution in [0.2, 0.25) is 20.1 Å². The van der Waals surface area contributed by atoms with E-state index < -0.39 is 108 Å². The number of ether oxygens (including phenoxy) is 12. The number of nitrogens with zero attached hydrogens (tertiary/aromatic N) is 28. The SMILES string of the molecule is COc1cccc(OC)c1-n1c(CS(=O)(=O)[C@@H](C)[C@@H](OC)c2ncc(Cl)cn2)nnc1-c1ccn(C)n1.COc1cccc(OC)c1-n1c(CS(=O)(=O)[C@@H](C)[C@H](OC)c2ncc(Cl)cn2)nnc1-c1ccn(C)n1.COc1cccc(OC)c1-n1c(CS(=O)(=O)[C@H](C)[C@@H](OC)c2ncc(Cl)cn2)nnc1-c1ccn(C)n1.COc1cccc(OC)c1-n1c(CS(=O)(=O)[C@H](C)[C@H](OC)c2ncc(Cl)cn2)nnc1-c1ccn(C)n1. The summed E-state index contributed by atoms with van der Waals surface area (Å²) >= 11 is 23.5. The number of methoxy groups -OCH3 is 12. The van der Waals surface area contributed by atoms with Crippen molar-refractivity contribution in [2.45, 2.75) is 96.1 Å². The standard InChI is InChI=1S/4C23H26ClN7O5S/c4*1-14(21(36-5)22-25-11-15(24)12-26-22)37(32,33)13-19-27-28-23(16-9-10-30(2)29-16)31(19)20-17(34-3)7-6-8-18(20)35-4/h4*6-12,14,21H,13H2,1-5H3/t2*14-,21+;2*14-,21-/m1010/s1. The number of hydrogen-bond acceptors (Lipinski definition) is 40. The fraction of sp³-hybridized carbons (Fsp3) is 0.348. The van der Waals surface area contributed by atoms with E-state index in [0.717, 1.165) is 0 Å². The van der Waals surface area contributed by atoms with Crippen molar-refractivity contribution in [2.75, 3.05) is 85.3 Å². The molecule has 0 amide bonds. The number of rotatable bonds is 40. The van der Waals surface area contributed by atoms with Crippen molar-refractivity contribution < 1.29 is 90.5 Å². The van der Waals surface area contributed by atoms with Gasteiger partial charge in [0, 0.05) is 131 Å². The largest absolute Gasteiger partial charge is 0.494 e. The maximum Gasteiger partial charge on any atom is 0.189 e. The van der Waals surface area contributed by atoms with E-state index in [0.29, 0.717) is 135 Å². The summed E-state index contributed by atoms with van der Waals surface area (Å²) in [4.78, 5) is 33.1. The van der Waals surface area contributed by atoms with Crippen LogP contribution in [0.1, 0.15) is 98.7 Å². The molecule has 0 saturated carbocycles. The highest BCUT2D eigenvalue weighted by molar-refractivity contribution is 7.92. The zero-order valence-corrected chi connectivity index (χ0v) is 89.7. The molecule has 8 atom stereocenters. The first-order valence-corrected chi connectivity index (χ1v) is 52.7. The third-order valence-electron chi connectivity index (χ3n) is 23.1. The average Bonchev–Trinajstić information content (AvgIpc) is 1.61. The molecule has 0 N–H and O–H groups in total. The van der Waals surface area contributed by atoms with Crippen LogP contribution in [-0.2, 0) is 109 Å². The molecule has 0 aliphatic rings. The summed E-state index contributed by atoms with van der Waals surface area (Å²) < 4.78 is 189. The number of sulfone groups is 4. The molecule has 0 aliphatic carbocycles. The van der Waals surface area contributed by atoms with Crippen LogP contribution < -0.4 is 37.9 Å². The molecule has 0 unspecified atom stereocenters. The Balaban J connectivity index is 0.000000165. The molecule has 0 saturated heterocycles. The highest BCUT2D eigenvalue weighted by atomic mass is 35.5. The van der Waals surface area contributed by atoms with E-state index in [1.165, 1.54) is 163 Å². The smallest absolute Gasteiger partial charge is 0.189 e. The molecule has 0 fully saturated rings. The lowest BCUT2D eigenvalue weighted by Gasteiger charge is -2.22. The van der Waals surface area contributed by atoms with Crippen molar-refractivity contribution in [3.8, 4) is 115 Å². The molecule has 784 valence electrons. The summed E-state index contributed by atoms with van der Waals surface area (Å²) in [6.07, 6.45) is 14.4. The van der Waals surface area contributed by atoms with Crippen molar-refractivity contribution in [3.63, 3.8) is 0 Å². The Hall–Kier alpha value is -14.2. The van der Waals surface area contributed by atoms with Gasteiger partial charge in [0.25, 0.3) is 0 Å². The molecule has 48 nitrogen and oxygen atoms in total. The molecule has 0 radical (unpaired) electrons. The van der Waals surface area contributed by atoms with Gasteiger partial charge in [-0.15, -0.1) is 40.8 Å². The van der Waals surface area contributed by atoms with Gasteiger partial charge in [-0.25, -0.2) is 73.5 Å². The van der Waals surface area contributed by atoms with Crippen molar-refractivity contribution in [1.29, 1.82) is 0 Å². The van der Waals surface area contributed by atoms with E-state index in [1.54, 1.807) is 187 Å². The molecule has 16 rings (SSSR count). The number of halogens is 4. The topological polar surface area (TPSA) is 545 Å². The second-order valence-electron chi connectivity index (χ2n) is 32.4. The highest BCUT2D eigenvalue weighted by Crippen LogP contribution is 2.44. The third-order valence-corrected chi connectivity index (χ3v) is 32.0. The zero-order chi connectivity index (χ0) is 107. The summed E-state index contributed by atoms with van der Waals surface area (Å²) in [5.74, 6) is 4.28. The monoisotopic (exact) mass is 2190 g/mol. The Kier molecular flexibility index (Phi) is 36.5. The van der Waals surface area contributed by atoms with E-state index in [2.05, 4.69) is 101 Å². The van der Waals surface area contributed by atoms with Crippen molar-refractivity contribution in [2.24, 2.45) is 28.2 Å². The molecule has 12 heterocycles. The van der Waals surface area contributed by atoms with Gasteiger partial charge >= 0.3 is 0 Å². The second kappa shape index (κ2) is 48.6. The summed E-state index contributed by atoms with van der Waals surface area (Å²) in [6, 6.07) is 28.0. The van der Waals surface area contributed by atoms with Crippen LogP contribution in [0, 0.1) is 0 Å². The average molecular weight is 2190 g/mol. The van der Waals surface area contributed by atoms with Crippen LogP contribution in [0.3, 0.4) is 0 Å². The predicted molar refractivity (Wildman–Crippen MR) is 542 cm³/mol. The van der Waals surface area contributed by atoms with Gasteiger partial charge in [-0.05, 0) is 100 Å². The normalized spacial score (nSPS) is 13.4. The van der Waals surface area contributed by atoms with Crippen LogP contribution in [0.5, 0.6) is 46.0 Å². The van der Waals surface area contributed by atoms with Gasteiger partial charge in [0.2, 0.25) is 0 Å². The fourth-order valence-corrected chi connectivity index (χ4v) is 21.6. The van der Waals surface area contributed by atoms with E-state index in [9.17, 15) is 33.7 Å². The minimum Gasteiger partial charge on any atom is -0.494 e. The Morgan fingerprint density at radius 1 is 0.257 bits per heavy atom. The lowest BCUT2D eigenvalue weighted by Crippen LogP contribution is -2.30. The summed E-state index contributed by atoms with van der Waals surface area (Å²) in [7, 11) is 9.22. The molecule has 0 spiro atoms. The van der Waals surface area contributed by atoms with Gasteiger partial charge in [0.1, 0.15) is 139 Å². The predicted octanol–water partition coefficient (Wildman–Crippen LogP) is 11.3. The maximum atomic E-state index is 13.7. The molecular weight excluding hydrogens is 2090 g/mol. The number of hydrogen-bond donors (Lipinski definition) is 0. The first-order chi connectivity index (χ1) is 70.8. The molecule has 0 bridgehead atoms. The minimum absolute atomic E-state index is 0.141. The number of para-hydroxylation sites is 4. The molecule has 4 aromatic carbocycles. The lowest BCUT2D eigenvalue weighted by atomic mass is 10.2. The first kappa shape index (κ1) is 111. The highest BCUT2D eigenvalue weighted by Gasteiger charge is 2.42. The first-order valence-electron chi connectivity index (χ1n) is 44.3. The summed E-state index contributed by atoms with van der Waals surface area (Å²) in [5, 5.41) is 49.1. The van der Waals surface area contributed by atoms with Crippen molar-refractivity contribution in [1.82, 2.24) is 138 Å². The molecular formula is C92H104Cl4N28O20S4. The van der Waals surface area contributed by atoms with Crippen LogP contribution in [0.25, 0.3) is 68.8 Å². The van der Waals surface area contributed by atoms with E-state index in [4.69, 9.17) is 103 Å². The Morgan fingerprint density at radius 2 is 0.419 bits per heavy atom. The number of aryl methyl sites for hydroxylation is 4. The van der Waals surface area contributed by atoms with Crippen LogP contribution in [0.15, 0.2) is 171 Å². The van der Waals surface area contributed by atoms with Gasteiger partial charge < -0.3 is 56.8 Å². The van der Waals surface area contributed by atoms with E-state index >= 15 is 0 Å². The van der Waals surface area contributed by atoms with Crippen molar-refractivity contribution in [3.05, 3.63) is 238 Å².